The van der Waals surface area contributed by atoms with E-state index in [1.165, 1.54) is 0 Å². The highest BCUT2D eigenvalue weighted by molar-refractivity contribution is 5.97. The van der Waals surface area contributed by atoms with Crippen molar-refractivity contribution in [2.45, 2.75) is 6.54 Å². The summed E-state index contributed by atoms with van der Waals surface area (Å²) in [6.45, 7) is 1.80. The second kappa shape index (κ2) is 5.50. The topological polar surface area (TPSA) is 88.2 Å². The van der Waals surface area contributed by atoms with Gasteiger partial charge in [-0.1, -0.05) is 23.4 Å². The Bertz CT molecular complexity index is 473. The Morgan fingerprint density at radius 3 is 3.11 bits per heavy atom. The monoisotopic (exact) mass is 249 g/mol. The molecule has 0 saturated carbocycles. The summed E-state index contributed by atoms with van der Waals surface area (Å²) < 4.78 is 5.07. The maximum absolute atomic E-state index is 11.6. The number of hydrogen-bond acceptors (Lipinski definition) is 4. The Hall–Kier alpha value is -2.08. The van der Waals surface area contributed by atoms with Crippen LogP contribution >= 0.6 is 0 Å². The van der Waals surface area contributed by atoms with Crippen molar-refractivity contribution in [2.24, 2.45) is 10.9 Å². The van der Waals surface area contributed by atoms with Crippen LogP contribution in [0.2, 0.25) is 0 Å². The number of carbonyl (C=O) groups is 1. The molecule has 0 bridgehead atoms. The molecule has 2 rings (SSSR count). The van der Waals surface area contributed by atoms with Crippen LogP contribution in [0.1, 0.15) is 11.1 Å². The standard InChI is InChI=1S/C12H15N3O3/c13-12(14-17)10-3-1-2-9(6-10)7-15-4-5-18-8-11(15)16/h1-3,6,17H,4-5,7-8H2,(H2,13,14). The highest BCUT2D eigenvalue weighted by Gasteiger charge is 2.18. The van der Waals surface area contributed by atoms with Gasteiger partial charge < -0.3 is 20.6 Å². The first kappa shape index (κ1) is 12.4. The van der Waals surface area contributed by atoms with Crippen LogP contribution in [0.25, 0.3) is 0 Å². The fourth-order valence-electron chi connectivity index (χ4n) is 1.82. The zero-order chi connectivity index (χ0) is 13.0. The highest BCUT2D eigenvalue weighted by atomic mass is 16.5. The number of nitrogens with zero attached hydrogens (tertiary/aromatic N) is 2. The summed E-state index contributed by atoms with van der Waals surface area (Å²) in [4.78, 5) is 13.3. The number of amides is 1. The Balaban J connectivity index is 2.11. The number of benzene rings is 1. The SMILES string of the molecule is NC(=NO)c1cccc(CN2CCOCC2=O)c1. The van der Waals surface area contributed by atoms with Crippen molar-refractivity contribution in [3.63, 3.8) is 0 Å². The molecule has 0 radical (unpaired) electrons. The lowest BCUT2D eigenvalue weighted by Gasteiger charge is -2.26. The number of carbonyl (C=O) groups excluding carboxylic acids is 1. The number of rotatable bonds is 3. The maximum atomic E-state index is 11.6. The summed E-state index contributed by atoms with van der Waals surface area (Å²) in [6.07, 6.45) is 0. The first-order chi connectivity index (χ1) is 8.70. The summed E-state index contributed by atoms with van der Waals surface area (Å²) in [5.74, 6) is 0.0422. The van der Waals surface area contributed by atoms with Crippen LogP contribution in [0.4, 0.5) is 0 Å². The molecule has 6 heteroatoms. The number of ether oxygens (including phenoxy) is 1. The molecular formula is C12H15N3O3. The molecule has 3 N–H and O–H groups in total. The molecule has 96 valence electrons. The largest absolute Gasteiger partial charge is 0.409 e. The van der Waals surface area contributed by atoms with Crippen LogP contribution in [0, 0.1) is 0 Å². The summed E-state index contributed by atoms with van der Waals surface area (Å²) in [7, 11) is 0. The fourth-order valence-corrected chi connectivity index (χ4v) is 1.82. The van der Waals surface area contributed by atoms with Gasteiger partial charge >= 0.3 is 0 Å². The van der Waals surface area contributed by atoms with E-state index in [9.17, 15) is 4.79 Å². The molecule has 1 aliphatic rings. The first-order valence-electron chi connectivity index (χ1n) is 5.63. The minimum Gasteiger partial charge on any atom is -0.409 e. The van der Waals surface area contributed by atoms with Gasteiger partial charge in [0.05, 0.1) is 6.61 Å². The molecule has 0 spiro atoms. The second-order valence-corrected chi connectivity index (χ2v) is 4.05. The van der Waals surface area contributed by atoms with E-state index < -0.39 is 0 Å². The van der Waals surface area contributed by atoms with Gasteiger partial charge in [-0.3, -0.25) is 4.79 Å². The van der Waals surface area contributed by atoms with Crippen molar-refractivity contribution in [3.05, 3.63) is 35.4 Å². The van der Waals surface area contributed by atoms with Gasteiger partial charge in [-0.2, -0.15) is 0 Å². The second-order valence-electron chi connectivity index (χ2n) is 4.05. The van der Waals surface area contributed by atoms with Crippen molar-refractivity contribution in [3.8, 4) is 0 Å². The molecule has 1 saturated heterocycles. The minimum atomic E-state index is -0.0181. The number of amidine groups is 1. The van der Waals surface area contributed by atoms with Crippen LogP contribution in [0.15, 0.2) is 29.4 Å². The Morgan fingerprint density at radius 2 is 2.39 bits per heavy atom. The molecule has 18 heavy (non-hydrogen) atoms. The van der Waals surface area contributed by atoms with Crippen molar-refractivity contribution in [2.75, 3.05) is 19.8 Å². The Morgan fingerprint density at radius 1 is 1.56 bits per heavy atom. The normalized spacial score (nSPS) is 17.0. The smallest absolute Gasteiger partial charge is 0.248 e. The number of nitrogens with two attached hydrogens (primary N) is 1. The molecule has 0 atom stereocenters. The molecule has 1 aromatic carbocycles. The molecule has 0 aromatic heterocycles. The third-order valence-corrected chi connectivity index (χ3v) is 2.79. The zero-order valence-electron chi connectivity index (χ0n) is 9.87. The summed E-state index contributed by atoms with van der Waals surface area (Å²) in [6, 6.07) is 7.27. The molecule has 1 amide bonds. The fraction of sp³-hybridized carbons (Fsp3) is 0.333. The van der Waals surface area contributed by atoms with Gasteiger partial charge in [0.1, 0.15) is 6.61 Å². The predicted molar refractivity (Wildman–Crippen MR) is 65.2 cm³/mol. The number of morpholine rings is 1. The van der Waals surface area contributed by atoms with Crippen LogP contribution in [0.5, 0.6) is 0 Å². The molecule has 0 aliphatic carbocycles. The third-order valence-electron chi connectivity index (χ3n) is 2.79. The Kier molecular flexibility index (Phi) is 3.78. The quantitative estimate of drug-likeness (QED) is 0.345. The van der Waals surface area contributed by atoms with Crippen molar-refractivity contribution >= 4 is 11.7 Å². The van der Waals surface area contributed by atoms with Gasteiger partial charge in [0.15, 0.2) is 5.84 Å². The van der Waals surface area contributed by atoms with Crippen molar-refractivity contribution in [1.29, 1.82) is 0 Å². The average Bonchev–Trinajstić information content (AvgIpc) is 2.41. The van der Waals surface area contributed by atoms with Gasteiger partial charge in [0.2, 0.25) is 5.91 Å². The first-order valence-corrected chi connectivity index (χ1v) is 5.63. The van der Waals surface area contributed by atoms with Crippen LogP contribution in [0.3, 0.4) is 0 Å². The molecule has 1 heterocycles. The number of oxime groups is 1. The summed E-state index contributed by atoms with van der Waals surface area (Å²) >= 11 is 0. The van der Waals surface area contributed by atoms with Crippen LogP contribution in [-0.2, 0) is 16.1 Å². The average molecular weight is 249 g/mol. The molecule has 6 nitrogen and oxygen atoms in total. The van der Waals surface area contributed by atoms with Gasteiger partial charge in [-0.05, 0) is 11.6 Å². The van der Waals surface area contributed by atoms with Crippen LogP contribution in [-0.4, -0.2) is 41.6 Å². The van der Waals surface area contributed by atoms with Gasteiger partial charge in [0, 0.05) is 18.7 Å². The van der Waals surface area contributed by atoms with E-state index in [0.717, 1.165) is 5.56 Å². The van der Waals surface area contributed by atoms with Crippen molar-refractivity contribution in [1.82, 2.24) is 4.90 Å². The predicted octanol–water partition coefficient (Wildman–Crippen LogP) is 0.140. The van der Waals surface area contributed by atoms with E-state index in [1.807, 2.05) is 12.1 Å². The molecule has 1 aromatic rings. The Labute approximate surface area is 105 Å². The number of hydrogen-bond donors (Lipinski definition) is 2. The lowest BCUT2D eigenvalue weighted by molar-refractivity contribution is -0.143. The van der Waals surface area contributed by atoms with Gasteiger partial charge in [-0.15, -0.1) is 0 Å². The van der Waals surface area contributed by atoms with E-state index in [0.29, 0.717) is 25.3 Å². The highest BCUT2D eigenvalue weighted by Crippen LogP contribution is 2.10. The van der Waals surface area contributed by atoms with Crippen LogP contribution < -0.4 is 5.73 Å². The molecule has 1 aliphatic heterocycles. The molecule has 1 fully saturated rings. The van der Waals surface area contributed by atoms with E-state index in [1.54, 1.807) is 17.0 Å². The van der Waals surface area contributed by atoms with E-state index in [-0.39, 0.29) is 18.3 Å². The lowest BCUT2D eigenvalue weighted by atomic mass is 10.1. The zero-order valence-corrected chi connectivity index (χ0v) is 9.87. The van der Waals surface area contributed by atoms with E-state index in [4.69, 9.17) is 15.7 Å². The molecule has 0 unspecified atom stereocenters. The summed E-state index contributed by atoms with van der Waals surface area (Å²) in [5.41, 5.74) is 7.10. The van der Waals surface area contributed by atoms with Crippen molar-refractivity contribution < 1.29 is 14.7 Å². The lowest BCUT2D eigenvalue weighted by Crippen LogP contribution is -2.40. The van der Waals surface area contributed by atoms with E-state index in [2.05, 4.69) is 5.16 Å². The van der Waals surface area contributed by atoms with Gasteiger partial charge in [-0.25, -0.2) is 0 Å². The third kappa shape index (κ3) is 2.78. The summed E-state index contributed by atoms with van der Waals surface area (Å²) in [5, 5.41) is 11.6. The minimum absolute atomic E-state index is 0.0181. The van der Waals surface area contributed by atoms with Gasteiger partial charge in [0.25, 0.3) is 0 Å². The van der Waals surface area contributed by atoms with E-state index >= 15 is 0 Å². The molecular weight excluding hydrogens is 234 g/mol. The maximum Gasteiger partial charge on any atom is 0.248 e.